The zero-order valence-corrected chi connectivity index (χ0v) is 12.7. The topological polar surface area (TPSA) is 55.4 Å². The molecule has 0 radical (unpaired) electrons. The smallest absolute Gasteiger partial charge is 0.341 e. The Morgan fingerprint density at radius 1 is 1.53 bits per heavy atom. The van der Waals surface area contributed by atoms with Gasteiger partial charge in [-0.05, 0) is 38.5 Å². The summed E-state index contributed by atoms with van der Waals surface area (Å²) in [7, 11) is 0. The van der Waals surface area contributed by atoms with Crippen LogP contribution in [-0.2, 0) is 9.53 Å². The molecule has 104 valence electrons. The van der Waals surface area contributed by atoms with Gasteiger partial charge in [0.2, 0.25) is 5.91 Å². The van der Waals surface area contributed by atoms with Gasteiger partial charge < -0.3 is 10.1 Å². The van der Waals surface area contributed by atoms with Crippen LogP contribution in [0.15, 0.2) is 6.07 Å². The second-order valence-corrected chi connectivity index (χ2v) is 6.88. The van der Waals surface area contributed by atoms with E-state index >= 15 is 0 Å². The van der Waals surface area contributed by atoms with Crippen molar-refractivity contribution in [3.05, 3.63) is 16.5 Å². The first-order valence-electron chi connectivity index (χ1n) is 6.32. The second-order valence-electron chi connectivity index (χ2n) is 4.31. The maximum atomic E-state index is 12.1. The summed E-state index contributed by atoms with van der Waals surface area (Å²) in [6.07, 6.45) is 1.99. The highest BCUT2D eigenvalue weighted by Gasteiger charge is 2.25. The molecule has 2 rings (SSSR count). The summed E-state index contributed by atoms with van der Waals surface area (Å²) in [5, 5.41) is 3.49. The molecule has 1 N–H and O–H groups in total. The quantitative estimate of drug-likeness (QED) is 0.868. The second kappa shape index (κ2) is 6.43. The highest BCUT2D eigenvalue weighted by molar-refractivity contribution is 8.00. The molecule has 0 saturated carbocycles. The van der Waals surface area contributed by atoms with Crippen LogP contribution in [0.2, 0.25) is 0 Å². The molecule has 1 aromatic rings. The number of aryl methyl sites for hydroxylation is 1. The molecular formula is C13H17NO3S2. The molecule has 2 heterocycles. The number of thioether (sulfide) groups is 1. The first-order chi connectivity index (χ1) is 9.11. The van der Waals surface area contributed by atoms with E-state index in [9.17, 15) is 9.59 Å². The molecule has 0 bridgehead atoms. The number of carbonyl (C=O) groups excluding carboxylic acids is 2. The van der Waals surface area contributed by atoms with Gasteiger partial charge in [0.1, 0.15) is 5.00 Å². The highest BCUT2D eigenvalue weighted by Crippen LogP contribution is 2.31. The Labute approximate surface area is 120 Å². The molecule has 19 heavy (non-hydrogen) atoms. The molecule has 1 fully saturated rings. The Morgan fingerprint density at radius 2 is 2.32 bits per heavy atom. The lowest BCUT2D eigenvalue weighted by molar-refractivity contribution is -0.115. The molecule has 1 saturated heterocycles. The Bertz CT molecular complexity index is 478. The lowest BCUT2D eigenvalue weighted by Gasteiger charge is -2.09. The van der Waals surface area contributed by atoms with Gasteiger partial charge in [-0.1, -0.05) is 0 Å². The minimum Gasteiger partial charge on any atom is -0.462 e. The largest absolute Gasteiger partial charge is 0.462 e. The van der Waals surface area contributed by atoms with E-state index in [1.807, 2.05) is 6.92 Å². The molecule has 1 aliphatic rings. The van der Waals surface area contributed by atoms with E-state index in [1.165, 1.54) is 11.3 Å². The fourth-order valence-corrected chi connectivity index (χ4v) is 4.01. The molecule has 1 aromatic heterocycles. The number of anilines is 1. The molecule has 1 amide bonds. The van der Waals surface area contributed by atoms with Crippen molar-refractivity contribution in [2.24, 2.45) is 0 Å². The predicted molar refractivity (Wildman–Crippen MR) is 79.1 cm³/mol. The summed E-state index contributed by atoms with van der Waals surface area (Å²) in [4.78, 5) is 24.9. The first-order valence-corrected chi connectivity index (χ1v) is 8.18. The highest BCUT2D eigenvalue weighted by atomic mass is 32.2. The summed E-state index contributed by atoms with van der Waals surface area (Å²) in [6.45, 7) is 4.01. The summed E-state index contributed by atoms with van der Waals surface area (Å²) in [6, 6.07) is 1.76. The van der Waals surface area contributed by atoms with Gasteiger partial charge in [-0.15, -0.1) is 23.1 Å². The maximum absolute atomic E-state index is 12.1. The van der Waals surface area contributed by atoms with Crippen LogP contribution in [0, 0.1) is 6.92 Å². The molecule has 0 aromatic carbocycles. The number of hydrogen-bond acceptors (Lipinski definition) is 5. The summed E-state index contributed by atoms with van der Waals surface area (Å²) in [5.74, 6) is 0.655. The zero-order chi connectivity index (χ0) is 13.8. The standard InChI is InChI=1S/C13H17NO3S2/c1-3-17-13(16)9-7-8(2)19-12(9)14-11(15)10-5-4-6-18-10/h7,10H,3-6H2,1-2H3,(H,14,15). The van der Waals surface area contributed by atoms with Gasteiger partial charge in [-0.25, -0.2) is 4.79 Å². The third-order valence-electron chi connectivity index (χ3n) is 2.81. The van der Waals surface area contributed by atoms with E-state index in [0.717, 1.165) is 23.5 Å². The SMILES string of the molecule is CCOC(=O)c1cc(C)sc1NC(=O)C1CCCS1. The number of nitrogens with one attached hydrogen (secondary N) is 1. The summed E-state index contributed by atoms with van der Waals surface area (Å²) >= 11 is 3.09. The summed E-state index contributed by atoms with van der Waals surface area (Å²) < 4.78 is 5.00. The van der Waals surface area contributed by atoms with Gasteiger partial charge in [0, 0.05) is 4.88 Å². The number of carbonyl (C=O) groups is 2. The van der Waals surface area contributed by atoms with Crippen molar-refractivity contribution in [1.82, 2.24) is 0 Å². The van der Waals surface area contributed by atoms with E-state index in [2.05, 4.69) is 5.32 Å². The number of thiophene rings is 1. The van der Waals surface area contributed by atoms with Crippen LogP contribution in [0.4, 0.5) is 5.00 Å². The van der Waals surface area contributed by atoms with E-state index in [4.69, 9.17) is 4.74 Å². The lowest BCUT2D eigenvalue weighted by Crippen LogP contribution is -2.23. The van der Waals surface area contributed by atoms with Gasteiger partial charge in [-0.2, -0.15) is 0 Å². The van der Waals surface area contributed by atoms with Crippen molar-refractivity contribution >= 4 is 40.0 Å². The Balaban J connectivity index is 2.10. The number of hydrogen-bond donors (Lipinski definition) is 1. The van der Waals surface area contributed by atoms with Crippen molar-refractivity contribution in [2.45, 2.75) is 31.9 Å². The zero-order valence-electron chi connectivity index (χ0n) is 11.0. The fraction of sp³-hybridized carbons (Fsp3) is 0.538. The Morgan fingerprint density at radius 3 is 2.95 bits per heavy atom. The van der Waals surface area contributed by atoms with Crippen molar-refractivity contribution in [3.63, 3.8) is 0 Å². The summed E-state index contributed by atoms with van der Waals surface area (Å²) in [5.41, 5.74) is 0.459. The van der Waals surface area contributed by atoms with E-state index in [0.29, 0.717) is 17.2 Å². The van der Waals surface area contributed by atoms with E-state index < -0.39 is 0 Å². The monoisotopic (exact) mass is 299 g/mol. The van der Waals surface area contributed by atoms with Crippen LogP contribution in [0.5, 0.6) is 0 Å². The normalized spacial score (nSPS) is 18.3. The molecule has 1 aliphatic heterocycles. The molecular weight excluding hydrogens is 282 g/mol. The van der Waals surface area contributed by atoms with Crippen LogP contribution in [0.3, 0.4) is 0 Å². The van der Waals surface area contributed by atoms with Gasteiger partial charge in [-0.3, -0.25) is 4.79 Å². The molecule has 1 unspecified atom stereocenters. The predicted octanol–water partition coefficient (Wildman–Crippen LogP) is 3.07. The van der Waals surface area contributed by atoms with Crippen LogP contribution in [0.1, 0.15) is 35.0 Å². The van der Waals surface area contributed by atoms with Gasteiger partial charge in [0.25, 0.3) is 0 Å². The molecule has 1 atom stereocenters. The van der Waals surface area contributed by atoms with Crippen LogP contribution >= 0.6 is 23.1 Å². The minimum absolute atomic E-state index is 0.00472. The Hall–Kier alpha value is -1.01. The Kier molecular flexibility index (Phi) is 4.87. The van der Waals surface area contributed by atoms with Gasteiger partial charge in [0.15, 0.2) is 0 Å². The third kappa shape index (κ3) is 3.51. The van der Waals surface area contributed by atoms with Crippen LogP contribution in [-0.4, -0.2) is 29.5 Å². The minimum atomic E-state index is -0.374. The lowest BCUT2D eigenvalue weighted by atomic mass is 10.2. The van der Waals surface area contributed by atoms with Gasteiger partial charge in [0.05, 0.1) is 17.4 Å². The average molecular weight is 299 g/mol. The van der Waals surface area contributed by atoms with Crippen LogP contribution < -0.4 is 5.32 Å². The van der Waals surface area contributed by atoms with Gasteiger partial charge >= 0.3 is 5.97 Å². The van der Waals surface area contributed by atoms with Crippen molar-refractivity contribution in [2.75, 3.05) is 17.7 Å². The van der Waals surface area contributed by atoms with Crippen molar-refractivity contribution in [3.8, 4) is 0 Å². The molecule has 6 heteroatoms. The molecule has 0 spiro atoms. The first kappa shape index (κ1) is 14.4. The number of rotatable bonds is 4. The maximum Gasteiger partial charge on any atom is 0.341 e. The number of amides is 1. The molecule has 4 nitrogen and oxygen atoms in total. The number of ether oxygens (including phenoxy) is 1. The third-order valence-corrected chi connectivity index (χ3v) is 5.15. The molecule has 0 aliphatic carbocycles. The van der Waals surface area contributed by atoms with E-state index in [-0.39, 0.29) is 17.1 Å². The fourth-order valence-electron chi connectivity index (χ4n) is 1.94. The number of esters is 1. The van der Waals surface area contributed by atoms with E-state index in [1.54, 1.807) is 24.8 Å². The average Bonchev–Trinajstić information content (AvgIpc) is 2.98. The van der Waals surface area contributed by atoms with Crippen LogP contribution in [0.25, 0.3) is 0 Å². The van der Waals surface area contributed by atoms with Crippen molar-refractivity contribution < 1.29 is 14.3 Å². The van der Waals surface area contributed by atoms with Crippen molar-refractivity contribution in [1.29, 1.82) is 0 Å².